The Hall–Kier alpha value is -2.74. The number of aromatic carboxylic acids is 1. The summed E-state index contributed by atoms with van der Waals surface area (Å²) in [7, 11) is 1.46. The number of ether oxygens (including phenoxy) is 1. The van der Waals surface area contributed by atoms with Gasteiger partial charge in [0.15, 0.2) is 5.69 Å². The molecule has 0 bridgehead atoms. The fourth-order valence-electron chi connectivity index (χ4n) is 1.86. The summed E-state index contributed by atoms with van der Waals surface area (Å²) in [5.41, 5.74) is 1.32. The number of benzene rings is 1. The highest BCUT2D eigenvalue weighted by atomic mass is 16.5. The van der Waals surface area contributed by atoms with Gasteiger partial charge in [0.05, 0.1) is 12.3 Å². The molecule has 0 saturated carbocycles. The van der Waals surface area contributed by atoms with Crippen molar-refractivity contribution in [1.82, 2.24) is 15.0 Å². The van der Waals surface area contributed by atoms with Crippen LogP contribution in [0.15, 0.2) is 24.3 Å². The second-order valence-electron chi connectivity index (χ2n) is 4.27. The van der Waals surface area contributed by atoms with Crippen molar-refractivity contribution in [2.24, 2.45) is 0 Å². The summed E-state index contributed by atoms with van der Waals surface area (Å²) in [6.45, 7) is 1.46. The first-order valence-corrected chi connectivity index (χ1v) is 6.07. The predicted molar refractivity (Wildman–Crippen MR) is 73.3 cm³/mol. The van der Waals surface area contributed by atoms with E-state index in [9.17, 15) is 9.59 Å². The Morgan fingerprint density at radius 1 is 1.43 bits per heavy atom. The quantitative estimate of drug-likeness (QED) is 0.853. The van der Waals surface area contributed by atoms with Crippen LogP contribution in [0.5, 0.6) is 0 Å². The van der Waals surface area contributed by atoms with E-state index in [-0.39, 0.29) is 18.2 Å². The third-order valence-electron chi connectivity index (χ3n) is 2.66. The van der Waals surface area contributed by atoms with Crippen molar-refractivity contribution >= 4 is 17.6 Å². The summed E-state index contributed by atoms with van der Waals surface area (Å²) in [4.78, 5) is 22.2. The van der Waals surface area contributed by atoms with Gasteiger partial charge in [-0.3, -0.25) is 4.79 Å². The molecule has 0 aliphatic heterocycles. The van der Waals surface area contributed by atoms with Crippen molar-refractivity contribution in [3.8, 4) is 5.69 Å². The van der Waals surface area contributed by atoms with Gasteiger partial charge in [-0.25, -0.2) is 9.48 Å². The summed E-state index contributed by atoms with van der Waals surface area (Å²) >= 11 is 0. The number of nitrogens with one attached hydrogen (secondary N) is 1. The molecule has 0 radical (unpaired) electrons. The molecule has 0 spiro atoms. The third-order valence-corrected chi connectivity index (χ3v) is 2.66. The zero-order chi connectivity index (χ0) is 15.4. The molecular weight excluding hydrogens is 276 g/mol. The van der Waals surface area contributed by atoms with Crippen LogP contribution < -0.4 is 5.32 Å². The summed E-state index contributed by atoms with van der Waals surface area (Å²) in [6, 6.07) is 6.83. The molecule has 1 aromatic heterocycles. The van der Waals surface area contributed by atoms with E-state index in [0.29, 0.717) is 17.1 Å². The molecule has 21 heavy (non-hydrogen) atoms. The van der Waals surface area contributed by atoms with E-state index >= 15 is 0 Å². The molecule has 110 valence electrons. The molecule has 2 N–H and O–H groups in total. The largest absolute Gasteiger partial charge is 0.476 e. The Balaban J connectivity index is 2.46. The number of hydrogen-bond donors (Lipinski definition) is 2. The van der Waals surface area contributed by atoms with Gasteiger partial charge in [-0.1, -0.05) is 11.3 Å². The molecular formula is C13H14N4O4. The third kappa shape index (κ3) is 3.23. The molecule has 8 heteroatoms. The van der Waals surface area contributed by atoms with Gasteiger partial charge in [-0.15, -0.1) is 5.10 Å². The Kier molecular flexibility index (Phi) is 4.29. The van der Waals surface area contributed by atoms with Crippen LogP contribution >= 0.6 is 0 Å². The molecule has 1 aromatic carbocycles. The molecule has 1 amide bonds. The van der Waals surface area contributed by atoms with E-state index in [1.165, 1.54) is 18.7 Å². The summed E-state index contributed by atoms with van der Waals surface area (Å²) < 4.78 is 6.37. The number of carboxylic acids is 1. The number of carbonyl (C=O) groups excluding carboxylic acids is 1. The number of hydrogen-bond acceptors (Lipinski definition) is 5. The van der Waals surface area contributed by atoms with E-state index in [0.717, 1.165) is 0 Å². The maximum Gasteiger partial charge on any atom is 0.358 e. The minimum Gasteiger partial charge on any atom is -0.476 e. The topological polar surface area (TPSA) is 106 Å². The number of amides is 1. The highest BCUT2D eigenvalue weighted by molar-refractivity contribution is 5.89. The first-order valence-electron chi connectivity index (χ1n) is 6.07. The van der Waals surface area contributed by atoms with E-state index in [1.54, 1.807) is 24.3 Å². The van der Waals surface area contributed by atoms with Gasteiger partial charge in [0.25, 0.3) is 0 Å². The second-order valence-corrected chi connectivity index (χ2v) is 4.27. The van der Waals surface area contributed by atoms with Crippen LogP contribution in [0.1, 0.15) is 23.1 Å². The Labute approximate surface area is 120 Å². The van der Waals surface area contributed by atoms with Gasteiger partial charge in [0.1, 0.15) is 5.69 Å². The minimum absolute atomic E-state index is 0.0546. The van der Waals surface area contributed by atoms with Crippen LogP contribution in [0.25, 0.3) is 5.69 Å². The van der Waals surface area contributed by atoms with Crippen molar-refractivity contribution in [2.75, 3.05) is 12.4 Å². The lowest BCUT2D eigenvalue weighted by molar-refractivity contribution is -0.114. The lowest BCUT2D eigenvalue weighted by atomic mass is 10.2. The molecule has 1 heterocycles. The molecule has 8 nitrogen and oxygen atoms in total. The molecule has 0 atom stereocenters. The maximum absolute atomic E-state index is 11.1. The van der Waals surface area contributed by atoms with E-state index < -0.39 is 5.97 Å². The van der Waals surface area contributed by atoms with Gasteiger partial charge in [0.2, 0.25) is 5.91 Å². The molecule has 0 aliphatic rings. The normalized spacial score (nSPS) is 10.4. The van der Waals surface area contributed by atoms with Gasteiger partial charge in [-0.2, -0.15) is 0 Å². The van der Waals surface area contributed by atoms with Crippen molar-refractivity contribution < 1.29 is 19.4 Å². The van der Waals surface area contributed by atoms with Crippen LogP contribution in [0.4, 0.5) is 5.69 Å². The lowest BCUT2D eigenvalue weighted by Crippen LogP contribution is -2.09. The lowest BCUT2D eigenvalue weighted by Gasteiger charge is -2.08. The second kappa shape index (κ2) is 6.14. The monoisotopic (exact) mass is 290 g/mol. The Morgan fingerprint density at radius 3 is 2.81 bits per heavy atom. The summed E-state index contributed by atoms with van der Waals surface area (Å²) in [5, 5.41) is 19.2. The van der Waals surface area contributed by atoms with Crippen LogP contribution in [0.2, 0.25) is 0 Å². The maximum atomic E-state index is 11.1. The molecule has 0 saturated heterocycles. The number of methoxy groups -OCH3 is 1. The van der Waals surface area contributed by atoms with Crippen LogP contribution in [-0.2, 0) is 16.1 Å². The Morgan fingerprint density at radius 2 is 2.19 bits per heavy atom. The predicted octanol–water partition coefficient (Wildman–Crippen LogP) is 1.07. The van der Waals surface area contributed by atoms with Crippen molar-refractivity contribution in [1.29, 1.82) is 0 Å². The van der Waals surface area contributed by atoms with E-state index in [4.69, 9.17) is 9.84 Å². The fraction of sp³-hybridized carbons (Fsp3) is 0.231. The highest BCUT2D eigenvalue weighted by Gasteiger charge is 2.19. The number of anilines is 1. The van der Waals surface area contributed by atoms with Crippen molar-refractivity contribution in [3.63, 3.8) is 0 Å². The van der Waals surface area contributed by atoms with E-state index in [2.05, 4.69) is 15.6 Å². The first kappa shape index (κ1) is 14.7. The molecule has 0 fully saturated rings. The van der Waals surface area contributed by atoms with Crippen LogP contribution in [0.3, 0.4) is 0 Å². The number of nitrogens with zero attached hydrogens (tertiary/aromatic N) is 3. The van der Waals surface area contributed by atoms with Crippen molar-refractivity contribution in [2.45, 2.75) is 13.5 Å². The van der Waals surface area contributed by atoms with Crippen LogP contribution in [0, 0.1) is 0 Å². The average Bonchev–Trinajstić information content (AvgIpc) is 2.82. The summed E-state index contributed by atoms with van der Waals surface area (Å²) in [6.07, 6.45) is 0. The van der Waals surface area contributed by atoms with Crippen LogP contribution in [-0.4, -0.2) is 39.1 Å². The fourth-order valence-corrected chi connectivity index (χ4v) is 1.86. The number of rotatable bonds is 5. The standard InChI is InChI=1S/C13H14N4O4/c1-8(18)14-9-4-3-5-10(6-9)17-11(7-21-2)12(13(19)20)15-16-17/h3-6H,7H2,1-2H3,(H,14,18)(H,19,20). The van der Waals surface area contributed by atoms with Crippen molar-refractivity contribution in [3.05, 3.63) is 35.7 Å². The summed E-state index contributed by atoms with van der Waals surface area (Å²) in [5.74, 6) is -1.37. The first-order chi connectivity index (χ1) is 10.0. The van der Waals surface area contributed by atoms with Gasteiger partial charge in [0, 0.05) is 19.7 Å². The zero-order valence-corrected chi connectivity index (χ0v) is 11.5. The Bertz CT molecular complexity index is 681. The number of carbonyl (C=O) groups is 2. The smallest absolute Gasteiger partial charge is 0.358 e. The molecule has 2 rings (SSSR count). The zero-order valence-electron chi connectivity index (χ0n) is 11.5. The molecule has 0 aliphatic carbocycles. The minimum atomic E-state index is -1.17. The number of carboxylic acid groups (broad SMARTS) is 1. The SMILES string of the molecule is COCc1c(C(=O)O)nnn1-c1cccc(NC(C)=O)c1. The molecule has 2 aromatic rings. The van der Waals surface area contributed by atoms with Gasteiger partial charge < -0.3 is 15.2 Å². The average molecular weight is 290 g/mol. The van der Waals surface area contributed by atoms with Gasteiger partial charge >= 0.3 is 5.97 Å². The molecule has 0 unspecified atom stereocenters. The van der Waals surface area contributed by atoms with E-state index in [1.807, 2.05) is 0 Å². The van der Waals surface area contributed by atoms with Gasteiger partial charge in [-0.05, 0) is 18.2 Å². The highest BCUT2D eigenvalue weighted by Crippen LogP contribution is 2.18. The number of aromatic nitrogens is 3.